The molecular weight excluding hydrogens is 222 g/mol. The van der Waals surface area contributed by atoms with Crippen molar-refractivity contribution in [2.75, 3.05) is 11.9 Å². The molecule has 1 saturated heterocycles. The monoisotopic (exact) mass is 237 g/mol. The van der Waals surface area contributed by atoms with Gasteiger partial charge in [0.25, 0.3) is 0 Å². The second-order valence-corrected chi connectivity index (χ2v) is 4.14. The molecule has 0 aliphatic carbocycles. The lowest BCUT2D eigenvalue weighted by Crippen LogP contribution is -2.28. The Kier molecular flexibility index (Phi) is 3.23. The van der Waals surface area contributed by atoms with Gasteiger partial charge in [0, 0.05) is 12.3 Å². The van der Waals surface area contributed by atoms with Crippen LogP contribution in [0.1, 0.15) is 29.5 Å². The van der Waals surface area contributed by atoms with Gasteiger partial charge in [-0.1, -0.05) is 0 Å². The highest BCUT2D eigenvalue weighted by molar-refractivity contribution is 5.85. The van der Waals surface area contributed by atoms with Crippen LogP contribution >= 0.6 is 0 Å². The number of anilines is 1. The molecule has 1 aromatic rings. The average molecular weight is 237 g/mol. The number of aryl methyl sites for hydroxylation is 1. The predicted molar refractivity (Wildman–Crippen MR) is 61.2 cm³/mol. The lowest BCUT2D eigenvalue weighted by Gasteiger charge is -2.16. The van der Waals surface area contributed by atoms with E-state index in [9.17, 15) is 4.79 Å². The fourth-order valence-electron chi connectivity index (χ4n) is 1.83. The zero-order valence-electron chi connectivity index (χ0n) is 9.80. The van der Waals surface area contributed by atoms with Crippen LogP contribution in [0.3, 0.4) is 0 Å². The van der Waals surface area contributed by atoms with Crippen molar-refractivity contribution in [3.05, 3.63) is 17.5 Å². The first-order valence-corrected chi connectivity index (χ1v) is 5.53. The first-order chi connectivity index (χ1) is 8.06. The summed E-state index contributed by atoms with van der Waals surface area (Å²) in [6.45, 7) is 4.42. The molecular formula is C11H15N3O3. The molecule has 2 rings (SSSR count). The largest absolute Gasteiger partial charge is 0.477 e. The molecule has 92 valence electrons. The maximum Gasteiger partial charge on any atom is 0.354 e. The Balaban J connectivity index is 2.17. The smallest absolute Gasteiger partial charge is 0.354 e. The highest BCUT2D eigenvalue weighted by Gasteiger charge is 2.25. The predicted octanol–water partition coefficient (Wildman–Crippen LogP) is 1.07. The van der Waals surface area contributed by atoms with Crippen molar-refractivity contribution < 1.29 is 14.6 Å². The zero-order valence-corrected chi connectivity index (χ0v) is 9.80. The third-order valence-corrected chi connectivity index (χ3v) is 2.76. The number of carboxylic acid groups (broad SMARTS) is 1. The molecule has 2 N–H and O–H groups in total. The molecule has 0 spiro atoms. The average Bonchev–Trinajstić information content (AvgIpc) is 2.63. The summed E-state index contributed by atoms with van der Waals surface area (Å²) in [6.07, 6.45) is 0.966. The van der Waals surface area contributed by atoms with Crippen LogP contribution < -0.4 is 5.32 Å². The minimum Gasteiger partial charge on any atom is -0.477 e. The number of aromatic carboxylic acids is 1. The number of hydrogen-bond acceptors (Lipinski definition) is 5. The van der Waals surface area contributed by atoms with Gasteiger partial charge >= 0.3 is 5.97 Å². The van der Waals surface area contributed by atoms with E-state index in [4.69, 9.17) is 9.84 Å². The normalized spacial score (nSPS) is 23.6. The van der Waals surface area contributed by atoms with E-state index in [0.29, 0.717) is 18.2 Å². The van der Waals surface area contributed by atoms with Gasteiger partial charge in [-0.25, -0.2) is 14.8 Å². The molecule has 0 bridgehead atoms. The maximum absolute atomic E-state index is 10.9. The summed E-state index contributed by atoms with van der Waals surface area (Å²) in [7, 11) is 0. The quantitative estimate of drug-likeness (QED) is 0.818. The van der Waals surface area contributed by atoms with Gasteiger partial charge in [-0.15, -0.1) is 0 Å². The Bertz CT molecular complexity index is 436. The van der Waals surface area contributed by atoms with Crippen molar-refractivity contribution in [2.24, 2.45) is 0 Å². The minimum atomic E-state index is -1.05. The number of ether oxygens (including phenoxy) is 1. The van der Waals surface area contributed by atoms with E-state index < -0.39 is 5.97 Å². The molecule has 1 fully saturated rings. The van der Waals surface area contributed by atoms with E-state index in [2.05, 4.69) is 15.3 Å². The van der Waals surface area contributed by atoms with Crippen LogP contribution in [0.5, 0.6) is 0 Å². The second kappa shape index (κ2) is 4.67. The molecule has 0 aromatic carbocycles. The van der Waals surface area contributed by atoms with Crippen molar-refractivity contribution in [3.8, 4) is 0 Å². The van der Waals surface area contributed by atoms with Gasteiger partial charge in [0.2, 0.25) is 5.95 Å². The molecule has 2 heterocycles. The van der Waals surface area contributed by atoms with Crippen LogP contribution in [-0.2, 0) is 4.74 Å². The molecule has 1 aliphatic rings. The maximum atomic E-state index is 10.9. The summed E-state index contributed by atoms with van der Waals surface area (Å²) in [4.78, 5) is 19.0. The third kappa shape index (κ3) is 2.71. The summed E-state index contributed by atoms with van der Waals surface area (Å²) < 4.78 is 5.41. The number of carboxylic acids is 1. The van der Waals surface area contributed by atoms with Gasteiger partial charge in [-0.2, -0.15) is 0 Å². The molecule has 1 aliphatic heterocycles. The summed E-state index contributed by atoms with van der Waals surface area (Å²) in [6, 6.07) is 1.58. The molecule has 2 unspecified atom stereocenters. The van der Waals surface area contributed by atoms with Gasteiger partial charge < -0.3 is 15.2 Å². The van der Waals surface area contributed by atoms with Gasteiger partial charge in [-0.05, 0) is 26.3 Å². The molecule has 1 aromatic heterocycles. The van der Waals surface area contributed by atoms with E-state index in [1.54, 1.807) is 6.92 Å². The highest BCUT2D eigenvalue weighted by atomic mass is 16.5. The van der Waals surface area contributed by atoms with Gasteiger partial charge in [0.1, 0.15) is 0 Å². The summed E-state index contributed by atoms with van der Waals surface area (Å²) in [5.74, 6) is -0.695. The van der Waals surface area contributed by atoms with Crippen LogP contribution in [0.25, 0.3) is 0 Å². The summed E-state index contributed by atoms with van der Waals surface area (Å²) >= 11 is 0. The number of nitrogens with zero attached hydrogens (tertiary/aromatic N) is 2. The van der Waals surface area contributed by atoms with Crippen molar-refractivity contribution >= 4 is 11.9 Å². The lowest BCUT2D eigenvalue weighted by molar-refractivity contribution is 0.0690. The highest BCUT2D eigenvalue weighted by Crippen LogP contribution is 2.17. The van der Waals surface area contributed by atoms with Crippen LogP contribution in [0.2, 0.25) is 0 Å². The Morgan fingerprint density at radius 3 is 2.94 bits per heavy atom. The summed E-state index contributed by atoms with van der Waals surface area (Å²) in [5, 5.41) is 12.0. The molecule has 2 atom stereocenters. The van der Waals surface area contributed by atoms with E-state index >= 15 is 0 Å². The molecule has 17 heavy (non-hydrogen) atoms. The Hall–Kier alpha value is -1.69. The fraction of sp³-hybridized carbons (Fsp3) is 0.545. The first-order valence-electron chi connectivity index (χ1n) is 5.53. The van der Waals surface area contributed by atoms with E-state index in [1.807, 2.05) is 6.92 Å². The van der Waals surface area contributed by atoms with Crippen molar-refractivity contribution in [3.63, 3.8) is 0 Å². The van der Waals surface area contributed by atoms with Crippen molar-refractivity contribution in [1.29, 1.82) is 0 Å². The SMILES string of the molecule is Cc1cc(C(=O)O)nc(NC2CCOC2C)n1. The number of rotatable bonds is 3. The zero-order chi connectivity index (χ0) is 12.4. The molecule has 6 heteroatoms. The van der Waals surface area contributed by atoms with E-state index in [-0.39, 0.29) is 17.8 Å². The Morgan fingerprint density at radius 2 is 2.35 bits per heavy atom. The van der Waals surface area contributed by atoms with Crippen LogP contribution in [0.15, 0.2) is 6.07 Å². The molecule has 0 radical (unpaired) electrons. The fourth-order valence-corrected chi connectivity index (χ4v) is 1.83. The molecule has 6 nitrogen and oxygen atoms in total. The number of nitrogens with one attached hydrogen (secondary N) is 1. The van der Waals surface area contributed by atoms with Crippen LogP contribution in [-0.4, -0.2) is 39.8 Å². The Morgan fingerprint density at radius 1 is 1.59 bits per heavy atom. The molecule has 0 amide bonds. The topological polar surface area (TPSA) is 84.3 Å². The van der Waals surface area contributed by atoms with Crippen molar-refractivity contribution in [2.45, 2.75) is 32.4 Å². The standard InChI is InChI=1S/C11H15N3O3/c1-6-5-9(10(15)16)14-11(12-6)13-8-3-4-17-7(8)2/h5,7-8H,3-4H2,1-2H3,(H,15,16)(H,12,13,14). The first kappa shape index (κ1) is 11.8. The number of carbonyl (C=O) groups is 1. The van der Waals surface area contributed by atoms with Gasteiger partial charge in [0.05, 0.1) is 12.1 Å². The Labute approximate surface area is 99.0 Å². The van der Waals surface area contributed by atoms with E-state index in [0.717, 1.165) is 6.42 Å². The number of aromatic nitrogens is 2. The second-order valence-electron chi connectivity index (χ2n) is 4.14. The molecule has 0 saturated carbocycles. The minimum absolute atomic E-state index is 0.00608. The van der Waals surface area contributed by atoms with E-state index in [1.165, 1.54) is 6.07 Å². The van der Waals surface area contributed by atoms with Gasteiger partial charge in [-0.3, -0.25) is 0 Å². The van der Waals surface area contributed by atoms with Gasteiger partial charge in [0.15, 0.2) is 5.69 Å². The van der Waals surface area contributed by atoms with Crippen molar-refractivity contribution in [1.82, 2.24) is 9.97 Å². The third-order valence-electron chi connectivity index (χ3n) is 2.76. The number of hydrogen-bond donors (Lipinski definition) is 2. The van der Waals surface area contributed by atoms with Crippen LogP contribution in [0, 0.1) is 6.92 Å². The summed E-state index contributed by atoms with van der Waals surface area (Å²) in [5.41, 5.74) is 0.637. The van der Waals surface area contributed by atoms with Crippen LogP contribution in [0.4, 0.5) is 5.95 Å². The lowest BCUT2D eigenvalue weighted by atomic mass is 10.2.